The third kappa shape index (κ3) is 3.13. The summed E-state index contributed by atoms with van der Waals surface area (Å²) in [6.45, 7) is 3.71. The lowest BCUT2D eigenvalue weighted by molar-refractivity contribution is -0.154. The highest BCUT2D eigenvalue weighted by Gasteiger charge is 2.38. The van der Waals surface area contributed by atoms with Gasteiger partial charge in [0.1, 0.15) is 0 Å². The lowest BCUT2D eigenvalue weighted by Crippen LogP contribution is -2.48. The van der Waals surface area contributed by atoms with Crippen molar-refractivity contribution in [2.24, 2.45) is 5.73 Å². The zero-order valence-corrected chi connectivity index (χ0v) is 10.3. The maximum atomic E-state index is 9.80. The van der Waals surface area contributed by atoms with Gasteiger partial charge in [0.2, 0.25) is 0 Å². The van der Waals surface area contributed by atoms with Crippen LogP contribution in [0.3, 0.4) is 0 Å². The summed E-state index contributed by atoms with van der Waals surface area (Å²) >= 11 is 0. The van der Waals surface area contributed by atoms with E-state index >= 15 is 0 Å². The molecule has 0 aliphatic carbocycles. The molecule has 16 heavy (non-hydrogen) atoms. The third-order valence-corrected chi connectivity index (χ3v) is 2.94. The second-order valence-electron chi connectivity index (χ2n) is 3.95. The highest BCUT2D eigenvalue weighted by atomic mass is 16.6. The van der Waals surface area contributed by atoms with E-state index < -0.39 is 6.29 Å². The van der Waals surface area contributed by atoms with Crippen LogP contribution in [0.1, 0.15) is 13.3 Å². The van der Waals surface area contributed by atoms with Gasteiger partial charge >= 0.3 is 0 Å². The maximum Gasteiger partial charge on any atom is 0.171 e. The molecule has 0 amide bonds. The van der Waals surface area contributed by atoms with E-state index in [1.54, 1.807) is 7.11 Å². The number of hydrogen-bond donors (Lipinski definition) is 2. The fourth-order valence-electron chi connectivity index (χ4n) is 2.04. The maximum absolute atomic E-state index is 9.80. The van der Waals surface area contributed by atoms with Crippen molar-refractivity contribution in [2.75, 3.05) is 33.9 Å². The minimum atomic E-state index is -0.784. The van der Waals surface area contributed by atoms with E-state index in [-0.39, 0.29) is 12.2 Å². The Labute approximate surface area is 96.9 Å². The Bertz CT molecular complexity index is 206. The van der Waals surface area contributed by atoms with Gasteiger partial charge in [-0.25, -0.2) is 10.0 Å². The van der Waals surface area contributed by atoms with Gasteiger partial charge < -0.3 is 20.3 Å². The largest absolute Gasteiger partial charge is 0.383 e. The quantitative estimate of drug-likeness (QED) is 0.585. The molecule has 0 radical (unpaired) electrons. The number of hydrazine groups is 1. The summed E-state index contributed by atoms with van der Waals surface area (Å²) in [5, 5.41) is 13.7. The van der Waals surface area contributed by atoms with Crippen LogP contribution in [0.2, 0.25) is 0 Å². The van der Waals surface area contributed by atoms with Crippen molar-refractivity contribution < 1.29 is 14.6 Å². The lowest BCUT2D eigenvalue weighted by atomic mass is 10.2. The van der Waals surface area contributed by atoms with Crippen LogP contribution < -0.4 is 5.73 Å². The zero-order valence-electron chi connectivity index (χ0n) is 10.3. The van der Waals surface area contributed by atoms with E-state index in [0.29, 0.717) is 19.6 Å². The number of rotatable bonds is 6. The number of hydrogen-bond acceptors (Lipinski definition) is 6. The molecule has 1 aliphatic heterocycles. The van der Waals surface area contributed by atoms with Crippen molar-refractivity contribution in [3.05, 3.63) is 0 Å². The van der Waals surface area contributed by atoms with Gasteiger partial charge in [-0.15, -0.1) is 0 Å². The molecule has 0 bridgehead atoms. The van der Waals surface area contributed by atoms with E-state index in [2.05, 4.69) is 0 Å². The zero-order chi connectivity index (χ0) is 12.1. The van der Waals surface area contributed by atoms with Gasteiger partial charge in [-0.2, -0.15) is 0 Å². The van der Waals surface area contributed by atoms with E-state index in [1.165, 1.54) is 0 Å². The first kappa shape index (κ1) is 13.8. The Hall–Kier alpha value is -0.240. The number of methoxy groups -OCH3 is 1. The predicted octanol–water partition coefficient (Wildman–Crippen LogP) is -0.806. The third-order valence-electron chi connectivity index (χ3n) is 2.94. The molecular formula is C10H23N3O3. The predicted molar refractivity (Wildman–Crippen MR) is 60.4 cm³/mol. The van der Waals surface area contributed by atoms with Gasteiger partial charge in [0.25, 0.3) is 0 Å². The van der Waals surface area contributed by atoms with Gasteiger partial charge in [0.05, 0.1) is 18.8 Å². The SMILES string of the molecule is CCOC(O)C1CC(N)N(CCOC)N1C. The molecule has 96 valence electrons. The summed E-state index contributed by atoms with van der Waals surface area (Å²) in [7, 11) is 3.57. The number of likely N-dealkylation sites (N-methyl/N-ethyl adjacent to an activating group) is 1. The Morgan fingerprint density at radius 3 is 2.81 bits per heavy atom. The van der Waals surface area contributed by atoms with Gasteiger partial charge in [-0.05, 0) is 13.3 Å². The first-order chi connectivity index (χ1) is 7.61. The van der Waals surface area contributed by atoms with Crippen molar-refractivity contribution in [1.29, 1.82) is 0 Å². The Morgan fingerprint density at radius 1 is 1.56 bits per heavy atom. The van der Waals surface area contributed by atoms with Crippen LogP contribution >= 0.6 is 0 Å². The summed E-state index contributed by atoms with van der Waals surface area (Å²) in [6.07, 6.45) is -0.171. The molecule has 1 aliphatic rings. The molecule has 3 atom stereocenters. The molecule has 6 nitrogen and oxygen atoms in total. The van der Waals surface area contributed by atoms with Crippen LogP contribution in [-0.2, 0) is 9.47 Å². The number of ether oxygens (including phenoxy) is 2. The molecule has 1 rings (SSSR count). The Kier molecular flexibility index (Phi) is 5.60. The Morgan fingerprint density at radius 2 is 2.25 bits per heavy atom. The monoisotopic (exact) mass is 233 g/mol. The van der Waals surface area contributed by atoms with Crippen LogP contribution in [0.5, 0.6) is 0 Å². The molecule has 1 saturated heterocycles. The average molecular weight is 233 g/mol. The van der Waals surface area contributed by atoms with E-state index in [1.807, 2.05) is 24.0 Å². The van der Waals surface area contributed by atoms with E-state index in [4.69, 9.17) is 15.2 Å². The second-order valence-corrected chi connectivity index (χ2v) is 3.95. The summed E-state index contributed by atoms with van der Waals surface area (Å²) in [4.78, 5) is 0. The first-order valence-corrected chi connectivity index (χ1v) is 5.65. The standard InChI is InChI=1S/C10H23N3O3/c1-4-16-10(14)8-7-9(11)13(12(8)2)5-6-15-3/h8-10,14H,4-7,11H2,1-3H3. The number of nitrogens with zero attached hydrogens (tertiary/aromatic N) is 2. The molecule has 1 heterocycles. The molecule has 6 heteroatoms. The molecule has 3 N–H and O–H groups in total. The molecule has 0 spiro atoms. The van der Waals surface area contributed by atoms with E-state index in [0.717, 1.165) is 6.54 Å². The summed E-state index contributed by atoms with van der Waals surface area (Å²) < 4.78 is 10.2. The van der Waals surface area contributed by atoms with Crippen LogP contribution in [0, 0.1) is 0 Å². The van der Waals surface area contributed by atoms with Gasteiger partial charge in [0.15, 0.2) is 6.29 Å². The molecule has 3 unspecified atom stereocenters. The Balaban J connectivity index is 2.51. The molecular weight excluding hydrogens is 210 g/mol. The highest BCUT2D eigenvalue weighted by molar-refractivity contribution is 4.84. The molecule has 0 aromatic heterocycles. The topological polar surface area (TPSA) is 71.2 Å². The first-order valence-electron chi connectivity index (χ1n) is 5.65. The van der Waals surface area contributed by atoms with Crippen molar-refractivity contribution in [3.63, 3.8) is 0 Å². The molecule has 1 fully saturated rings. The van der Waals surface area contributed by atoms with Crippen LogP contribution in [0.25, 0.3) is 0 Å². The minimum absolute atomic E-state index is 0.0770. The number of aliphatic hydroxyl groups excluding tert-OH is 1. The normalized spacial score (nSPS) is 29.8. The highest BCUT2D eigenvalue weighted by Crippen LogP contribution is 2.22. The summed E-state index contributed by atoms with van der Waals surface area (Å²) in [5.74, 6) is 0. The van der Waals surface area contributed by atoms with Crippen molar-refractivity contribution >= 4 is 0 Å². The van der Waals surface area contributed by atoms with Crippen LogP contribution in [0.15, 0.2) is 0 Å². The lowest BCUT2D eigenvalue weighted by Gasteiger charge is -2.31. The van der Waals surface area contributed by atoms with Gasteiger partial charge in [-0.1, -0.05) is 0 Å². The average Bonchev–Trinajstić information content (AvgIpc) is 2.53. The second kappa shape index (κ2) is 6.48. The number of nitrogens with two attached hydrogens (primary N) is 1. The van der Waals surface area contributed by atoms with Crippen molar-refractivity contribution in [2.45, 2.75) is 31.8 Å². The van der Waals surface area contributed by atoms with E-state index in [9.17, 15) is 5.11 Å². The van der Waals surface area contributed by atoms with Crippen LogP contribution in [-0.4, -0.2) is 67.5 Å². The summed E-state index contributed by atoms with van der Waals surface area (Å²) in [6, 6.07) is -0.0770. The molecule has 0 aromatic carbocycles. The molecule has 0 aromatic rings. The fraction of sp³-hybridized carbons (Fsp3) is 1.00. The van der Waals surface area contributed by atoms with Gasteiger partial charge in [0, 0.05) is 27.3 Å². The van der Waals surface area contributed by atoms with Crippen LogP contribution in [0.4, 0.5) is 0 Å². The van der Waals surface area contributed by atoms with Gasteiger partial charge in [-0.3, -0.25) is 0 Å². The fourth-order valence-corrected chi connectivity index (χ4v) is 2.04. The van der Waals surface area contributed by atoms with Crippen molar-refractivity contribution in [1.82, 2.24) is 10.0 Å². The summed E-state index contributed by atoms with van der Waals surface area (Å²) in [5.41, 5.74) is 6.00. The smallest absolute Gasteiger partial charge is 0.171 e. The van der Waals surface area contributed by atoms with Crippen molar-refractivity contribution in [3.8, 4) is 0 Å². The minimum Gasteiger partial charge on any atom is -0.383 e. The number of aliphatic hydroxyl groups is 1. The molecule has 0 saturated carbocycles.